The van der Waals surface area contributed by atoms with Gasteiger partial charge in [0, 0.05) is 6.54 Å². The number of carbonyl (C=O) groups excluding carboxylic acids is 2. The van der Waals surface area contributed by atoms with Crippen LogP contribution >= 0.6 is 0 Å². The summed E-state index contributed by atoms with van der Waals surface area (Å²) in [6.07, 6.45) is 5.22. The average molecular weight is 340 g/mol. The number of hydrogen-bond donors (Lipinski definition) is 1. The summed E-state index contributed by atoms with van der Waals surface area (Å²) >= 11 is 0. The van der Waals surface area contributed by atoms with Gasteiger partial charge in [-0.1, -0.05) is 43.3 Å². The summed E-state index contributed by atoms with van der Waals surface area (Å²) in [6, 6.07) is 12.7. The highest BCUT2D eigenvalue weighted by Gasteiger charge is 2.27. The molecule has 1 N–H and O–H groups in total. The molecule has 0 aliphatic heterocycles. The molecule has 1 atom stereocenters. The average Bonchev–Trinajstić information content (AvgIpc) is 3.14. The first-order chi connectivity index (χ1) is 12.2. The highest BCUT2D eigenvalue weighted by Crippen LogP contribution is 2.13. The van der Waals surface area contributed by atoms with Crippen molar-refractivity contribution in [2.24, 2.45) is 0 Å². The summed E-state index contributed by atoms with van der Waals surface area (Å²) in [6.45, 7) is 4.36. The first-order valence-electron chi connectivity index (χ1n) is 8.43. The van der Waals surface area contributed by atoms with E-state index in [1.807, 2.05) is 37.3 Å². The van der Waals surface area contributed by atoms with Crippen molar-refractivity contribution >= 4 is 11.8 Å². The number of furan rings is 1. The molecule has 0 aliphatic carbocycles. The van der Waals surface area contributed by atoms with E-state index in [0.717, 1.165) is 5.56 Å². The van der Waals surface area contributed by atoms with Crippen molar-refractivity contribution < 1.29 is 14.0 Å². The van der Waals surface area contributed by atoms with Crippen LogP contribution in [0.3, 0.4) is 0 Å². The van der Waals surface area contributed by atoms with E-state index in [1.165, 1.54) is 6.08 Å². The van der Waals surface area contributed by atoms with E-state index >= 15 is 0 Å². The predicted molar refractivity (Wildman–Crippen MR) is 96.4 cm³/mol. The van der Waals surface area contributed by atoms with Gasteiger partial charge in [0.1, 0.15) is 11.8 Å². The summed E-state index contributed by atoms with van der Waals surface area (Å²) in [7, 11) is 0. The lowest BCUT2D eigenvalue weighted by atomic mass is 10.1. The fraction of sp³-hybridized carbons (Fsp3) is 0.300. The first-order valence-corrected chi connectivity index (χ1v) is 8.43. The smallest absolute Gasteiger partial charge is 0.247 e. The van der Waals surface area contributed by atoms with Crippen LogP contribution in [-0.4, -0.2) is 22.8 Å². The summed E-state index contributed by atoms with van der Waals surface area (Å²) in [5.41, 5.74) is 1.02. The van der Waals surface area contributed by atoms with E-state index in [0.29, 0.717) is 18.7 Å². The van der Waals surface area contributed by atoms with Crippen LogP contribution in [0.25, 0.3) is 0 Å². The molecule has 1 unspecified atom stereocenters. The third-order valence-electron chi connectivity index (χ3n) is 3.87. The van der Waals surface area contributed by atoms with Crippen LogP contribution in [-0.2, 0) is 22.7 Å². The van der Waals surface area contributed by atoms with Crippen molar-refractivity contribution in [3.8, 4) is 0 Å². The van der Waals surface area contributed by atoms with E-state index < -0.39 is 6.04 Å². The standard InChI is InChI=1S/C20H24N2O3/c1-3-9-19(23)22(15-17-12-8-13-25-17)18(4-2)20(24)21-14-16-10-6-5-7-11-16/h3,5-13,18H,4,14-15H2,1-2H3,(H,21,24). The number of hydrogen-bond acceptors (Lipinski definition) is 3. The van der Waals surface area contributed by atoms with Gasteiger partial charge < -0.3 is 14.6 Å². The maximum Gasteiger partial charge on any atom is 0.247 e. The van der Waals surface area contributed by atoms with Crippen molar-refractivity contribution in [2.75, 3.05) is 0 Å². The van der Waals surface area contributed by atoms with E-state index in [4.69, 9.17) is 4.42 Å². The molecule has 0 saturated carbocycles. The Kier molecular flexibility index (Phi) is 7.01. The molecule has 5 heteroatoms. The Morgan fingerprint density at radius 3 is 2.56 bits per heavy atom. The highest BCUT2D eigenvalue weighted by molar-refractivity contribution is 5.92. The molecule has 25 heavy (non-hydrogen) atoms. The van der Waals surface area contributed by atoms with Crippen molar-refractivity contribution in [3.63, 3.8) is 0 Å². The molecule has 2 amide bonds. The van der Waals surface area contributed by atoms with Crippen LogP contribution in [0.2, 0.25) is 0 Å². The Morgan fingerprint density at radius 1 is 1.20 bits per heavy atom. The minimum Gasteiger partial charge on any atom is -0.467 e. The molecule has 0 spiro atoms. The molecule has 0 saturated heterocycles. The molecule has 0 aliphatic rings. The molecule has 1 heterocycles. The van der Waals surface area contributed by atoms with Gasteiger partial charge in [0.2, 0.25) is 11.8 Å². The lowest BCUT2D eigenvalue weighted by Gasteiger charge is -2.28. The van der Waals surface area contributed by atoms with Gasteiger partial charge in [0.25, 0.3) is 0 Å². The van der Waals surface area contributed by atoms with Gasteiger partial charge in [-0.15, -0.1) is 0 Å². The van der Waals surface area contributed by atoms with Gasteiger partial charge in [0.15, 0.2) is 0 Å². The number of allylic oxidation sites excluding steroid dienone is 1. The Balaban J connectivity index is 2.10. The van der Waals surface area contributed by atoms with Gasteiger partial charge in [-0.05, 0) is 37.1 Å². The first kappa shape index (κ1) is 18.5. The SMILES string of the molecule is CC=CC(=O)N(Cc1ccco1)C(CC)C(=O)NCc1ccccc1. The normalized spacial score (nSPS) is 12.1. The van der Waals surface area contributed by atoms with Crippen LogP contribution < -0.4 is 5.32 Å². The number of nitrogens with zero attached hydrogens (tertiary/aromatic N) is 1. The Hall–Kier alpha value is -2.82. The molecule has 5 nitrogen and oxygen atoms in total. The minimum absolute atomic E-state index is 0.171. The molecule has 1 aromatic heterocycles. The predicted octanol–water partition coefficient (Wildman–Crippen LogP) is 3.28. The lowest BCUT2D eigenvalue weighted by Crippen LogP contribution is -2.48. The Bertz CT molecular complexity index is 693. The monoisotopic (exact) mass is 340 g/mol. The molecule has 1 aromatic carbocycles. The molecule has 0 bridgehead atoms. The topological polar surface area (TPSA) is 62.6 Å². The quantitative estimate of drug-likeness (QED) is 0.750. The zero-order valence-electron chi connectivity index (χ0n) is 14.6. The number of amides is 2. The summed E-state index contributed by atoms with van der Waals surface area (Å²) in [5, 5.41) is 2.92. The molecule has 2 aromatic rings. The fourth-order valence-electron chi connectivity index (χ4n) is 2.60. The van der Waals surface area contributed by atoms with Crippen LogP contribution in [0.4, 0.5) is 0 Å². The molecule has 0 radical (unpaired) electrons. The summed E-state index contributed by atoms with van der Waals surface area (Å²) in [4.78, 5) is 26.7. The van der Waals surface area contributed by atoms with E-state index in [9.17, 15) is 9.59 Å². The second-order valence-electron chi connectivity index (χ2n) is 5.67. The van der Waals surface area contributed by atoms with Crippen LogP contribution in [0.5, 0.6) is 0 Å². The van der Waals surface area contributed by atoms with Gasteiger partial charge in [-0.25, -0.2) is 0 Å². The molecule has 2 rings (SSSR count). The van der Waals surface area contributed by atoms with Crippen molar-refractivity contribution in [1.82, 2.24) is 10.2 Å². The van der Waals surface area contributed by atoms with Gasteiger partial charge in [-0.3, -0.25) is 9.59 Å². The van der Waals surface area contributed by atoms with E-state index in [1.54, 1.807) is 36.3 Å². The zero-order chi connectivity index (χ0) is 18.1. The van der Waals surface area contributed by atoms with Crippen molar-refractivity contribution in [3.05, 3.63) is 72.2 Å². The minimum atomic E-state index is -0.558. The second kappa shape index (κ2) is 9.47. The molecular weight excluding hydrogens is 316 g/mol. The number of carbonyl (C=O) groups is 2. The van der Waals surface area contributed by atoms with E-state index in [2.05, 4.69) is 5.32 Å². The summed E-state index contributed by atoms with van der Waals surface area (Å²) in [5.74, 6) is 0.267. The van der Waals surface area contributed by atoms with Gasteiger partial charge in [-0.2, -0.15) is 0 Å². The third kappa shape index (κ3) is 5.35. The molecular formula is C20H24N2O3. The maximum atomic E-state index is 12.7. The maximum absolute atomic E-state index is 12.7. The van der Waals surface area contributed by atoms with Crippen LogP contribution in [0, 0.1) is 0 Å². The van der Waals surface area contributed by atoms with Gasteiger partial charge >= 0.3 is 0 Å². The van der Waals surface area contributed by atoms with Crippen molar-refractivity contribution in [2.45, 2.75) is 39.4 Å². The fourth-order valence-corrected chi connectivity index (χ4v) is 2.60. The Morgan fingerprint density at radius 2 is 1.96 bits per heavy atom. The largest absolute Gasteiger partial charge is 0.467 e. The number of nitrogens with one attached hydrogen (secondary N) is 1. The summed E-state index contributed by atoms with van der Waals surface area (Å²) < 4.78 is 5.35. The third-order valence-corrected chi connectivity index (χ3v) is 3.87. The lowest BCUT2D eigenvalue weighted by molar-refractivity contribution is -0.138. The molecule has 0 fully saturated rings. The van der Waals surface area contributed by atoms with Crippen molar-refractivity contribution in [1.29, 1.82) is 0 Å². The van der Waals surface area contributed by atoms with Crippen LogP contribution in [0.1, 0.15) is 31.6 Å². The number of rotatable bonds is 8. The second-order valence-corrected chi connectivity index (χ2v) is 5.67. The number of benzene rings is 1. The van der Waals surface area contributed by atoms with Gasteiger partial charge in [0.05, 0.1) is 12.8 Å². The zero-order valence-corrected chi connectivity index (χ0v) is 14.6. The Labute approximate surface area is 148 Å². The highest BCUT2D eigenvalue weighted by atomic mass is 16.3. The van der Waals surface area contributed by atoms with E-state index in [-0.39, 0.29) is 18.4 Å². The van der Waals surface area contributed by atoms with Crippen LogP contribution in [0.15, 0.2) is 65.3 Å². The molecule has 132 valence electrons.